The van der Waals surface area contributed by atoms with Crippen LogP contribution < -0.4 is 5.73 Å². The quantitative estimate of drug-likeness (QED) is 0.182. The Kier molecular flexibility index (Phi) is 5.75. The average Bonchev–Trinajstić information content (AvgIpc) is 3.59. The van der Waals surface area contributed by atoms with Crippen molar-refractivity contribution < 1.29 is 0 Å². The van der Waals surface area contributed by atoms with Crippen LogP contribution in [-0.4, -0.2) is 10.5 Å². The van der Waals surface area contributed by atoms with E-state index in [0.29, 0.717) is 5.96 Å². The lowest BCUT2D eigenvalue weighted by atomic mass is 9.92. The molecule has 0 bridgehead atoms. The molecule has 0 spiro atoms. The lowest BCUT2D eigenvalue weighted by Gasteiger charge is -2.15. The highest BCUT2D eigenvalue weighted by molar-refractivity contribution is 7.10. The Morgan fingerprint density at radius 3 is 2.13 bits per heavy atom. The first kappa shape index (κ1) is 23.4. The molecule has 2 N–H and O–H groups in total. The van der Waals surface area contributed by atoms with Gasteiger partial charge in [0, 0.05) is 21.6 Å². The molecule has 0 amide bonds. The summed E-state index contributed by atoms with van der Waals surface area (Å²) in [6, 6.07) is 42.8. The Morgan fingerprint density at radius 1 is 0.718 bits per heavy atom. The van der Waals surface area contributed by atoms with Gasteiger partial charge >= 0.3 is 0 Å². The van der Waals surface area contributed by atoms with Crippen molar-refractivity contribution in [3.05, 3.63) is 137 Å². The molecule has 1 atom stereocenters. The molecule has 2 heterocycles. The minimum absolute atomic E-state index is 0.171. The first-order valence-electron chi connectivity index (χ1n) is 13.2. The van der Waals surface area contributed by atoms with Gasteiger partial charge in [-0.05, 0) is 51.0 Å². The van der Waals surface area contributed by atoms with Gasteiger partial charge in [-0.15, -0.1) is 11.3 Å². The van der Waals surface area contributed by atoms with Gasteiger partial charge in [0.05, 0.1) is 16.7 Å². The number of aliphatic imine (C=N–C) groups is 1. The number of benzene rings is 5. The Hall–Kier alpha value is -4.67. The van der Waals surface area contributed by atoms with Crippen LogP contribution in [-0.2, 0) is 0 Å². The van der Waals surface area contributed by atoms with Crippen molar-refractivity contribution in [1.29, 1.82) is 0 Å². The summed E-state index contributed by atoms with van der Waals surface area (Å²) in [6.07, 6.45) is 0. The highest BCUT2D eigenvalue weighted by Crippen LogP contribution is 2.39. The van der Waals surface area contributed by atoms with E-state index in [2.05, 4.69) is 126 Å². The smallest absolute Gasteiger partial charge is 0.205 e. The van der Waals surface area contributed by atoms with E-state index in [1.807, 2.05) is 12.1 Å². The monoisotopic (exact) mass is 521 g/mol. The van der Waals surface area contributed by atoms with E-state index in [4.69, 9.17) is 10.7 Å². The summed E-state index contributed by atoms with van der Waals surface area (Å²) in [5.74, 6) is 0.647. The van der Waals surface area contributed by atoms with Gasteiger partial charge in [-0.2, -0.15) is 0 Å². The summed E-state index contributed by atoms with van der Waals surface area (Å²) in [4.78, 5) is 6.20. The van der Waals surface area contributed by atoms with E-state index in [1.165, 1.54) is 43.1 Å². The fourth-order valence-electron chi connectivity index (χ4n) is 5.68. The largest absolute Gasteiger partial charge is 0.369 e. The molecule has 1 unspecified atom stereocenters. The number of para-hydroxylation sites is 2. The Bertz CT molecular complexity index is 1950. The normalized spacial score (nSPS) is 12.9. The molecule has 4 heteroatoms. The standard InChI is InChI=1S/C35H27N3S/c1-23(25-12-8-13-26(22-25)28-17-9-11-24-10-2-3-14-27(24)28)34-31(20-21-39-34)37-35(36)38-32-18-6-4-15-29(32)30-16-5-7-19-33(30)38/h2-23H,1H3,(H2,36,37). The third-order valence-corrected chi connectivity index (χ3v) is 8.69. The molecule has 2 aromatic heterocycles. The molecular weight excluding hydrogens is 494 g/mol. The van der Waals surface area contributed by atoms with Gasteiger partial charge in [0.1, 0.15) is 0 Å². The average molecular weight is 522 g/mol. The molecule has 3 nitrogen and oxygen atoms in total. The van der Waals surface area contributed by atoms with E-state index < -0.39 is 0 Å². The summed E-state index contributed by atoms with van der Waals surface area (Å²) in [5.41, 5.74) is 13.5. The third kappa shape index (κ3) is 4.01. The van der Waals surface area contributed by atoms with E-state index >= 15 is 0 Å². The Labute approximate surface area is 231 Å². The lowest BCUT2D eigenvalue weighted by molar-refractivity contribution is 0.947. The van der Waals surface area contributed by atoms with Gasteiger partial charge in [-0.3, -0.25) is 4.57 Å². The summed E-state index contributed by atoms with van der Waals surface area (Å²) in [6.45, 7) is 2.25. The van der Waals surface area contributed by atoms with Crippen molar-refractivity contribution in [2.75, 3.05) is 0 Å². The Balaban J connectivity index is 1.29. The summed E-state index contributed by atoms with van der Waals surface area (Å²) < 4.78 is 2.07. The zero-order chi connectivity index (χ0) is 26.3. The molecule has 0 aliphatic heterocycles. The predicted molar refractivity (Wildman–Crippen MR) is 167 cm³/mol. The lowest BCUT2D eigenvalue weighted by Crippen LogP contribution is -2.21. The number of aromatic nitrogens is 1. The maximum Gasteiger partial charge on any atom is 0.205 e. The van der Waals surface area contributed by atoms with Gasteiger partial charge < -0.3 is 5.73 Å². The van der Waals surface area contributed by atoms with Crippen molar-refractivity contribution in [3.8, 4) is 11.1 Å². The van der Waals surface area contributed by atoms with Gasteiger partial charge in [-0.25, -0.2) is 4.99 Å². The topological polar surface area (TPSA) is 43.3 Å². The second kappa shape index (κ2) is 9.57. The van der Waals surface area contributed by atoms with Gasteiger partial charge in [0.25, 0.3) is 0 Å². The summed E-state index contributed by atoms with van der Waals surface area (Å²) in [5, 5.41) is 6.98. The fourth-order valence-corrected chi connectivity index (χ4v) is 6.60. The van der Waals surface area contributed by atoms with E-state index in [1.54, 1.807) is 11.3 Å². The van der Waals surface area contributed by atoms with Crippen molar-refractivity contribution in [2.24, 2.45) is 10.7 Å². The third-order valence-electron chi connectivity index (χ3n) is 7.60. The van der Waals surface area contributed by atoms with Gasteiger partial charge in [0.15, 0.2) is 0 Å². The molecule has 39 heavy (non-hydrogen) atoms. The number of nitrogens with two attached hydrogens (primary N) is 1. The molecule has 0 aliphatic carbocycles. The fraction of sp³-hybridized carbons (Fsp3) is 0.0571. The van der Waals surface area contributed by atoms with Crippen LogP contribution in [0.2, 0.25) is 0 Å². The minimum atomic E-state index is 0.171. The van der Waals surface area contributed by atoms with Gasteiger partial charge in [0.2, 0.25) is 5.96 Å². The summed E-state index contributed by atoms with van der Waals surface area (Å²) >= 11 is 1.73. The maximum absolute atomic E-state index is 6.74. The van der Waals surface area contributed by atoms with Crippen LogP contribution in [0.5, 0.6) is 0 Å². The molecule has 0 radical (unpaired) electrons. The SMILES string of the molecule is CC(c1cccc(-c2cccc3ccccc23)c1)c1sccc1N=C(N)n1c2ccccc2c2ccccc21. The minimum Gasteiger partial charge on any atom is -0.369 e. The second-order valence-corrected chi connectivity index (χ2v) is 10.8. The molecular formula is C35H27N3S. The van der Waals surface area contributed by atoms with Crippen LogP contribution >= 0.6 is 11.3 Å². The zero-order valence-corrected chi connectivity index (χ0v) is 22.4. The predicted octanol–water partition coefficient (Wildman–Crippen LogP) is 9.32. The van der Waals surface area contributed by atoms with Crippen LogP contribution in [0, 0.1) is 0 Å². The Morgan fingerprint density at radius 2 is 1.36 bits per heavy atom. The highest BCUT2D eigenvalue weighted by atomic mass is 32.1. The maximum atomic E-state index is 6.74. The van der Waals surface area contributed by atoms with Crippen molar-refractivity contribution >= 4 is 55.6 Å². The second-order valence-electron chi connectivity index (χ2n) is 9.88. The van der Waals surface area contributed by atoms with Crippen LogP contribution in [0.25, 0.3) is 43.7 Å². The van der Waals surface area contributed by atoms with Crippen LogP contribution in [0.1, 0.15) is 23.3 Å². The molecule has 0 aliphatic rings. The number of hydrogen-bond donors (Lipinski definition) is 1. The van der Waals surface area contributed by atoms with Crippen LogP contribution in [0.15, 0.2) is 132 Å². The molecule has 5 aromatic carbocycles. The number of fused-ring (bicyclic) bond motifs is 4. The zero-order valence-electron chi connectivity index (χ0n) is 21.6. The first-order chi connectivity index (χ1) is 19.2. The summed E-state index contributed by atoms with van der Waals surface area (Å²) in [7, 11) is 0. The number of hydrogen-bond acceptors (Lipinski definition) is 2. The van der Waals surface area contributed by atoms with Crippen molar-refractivity contribution in [1.82, 2.24) is 4.57 Å². The first-order valence-corrected chi connectivity index (χ1v) is 14.1. The molecule has 7 rings (SSSR count). The number of thiophene rings is 1. The molecule has 188 valence electrons. The molecule has 0 saturated heterocycles. The number of nitrogens with zero attached hydrogens (tertiary/aromatic N) is 2. The van der Waals surface area contributed by atoms with Crippen molar-refractivity contribution in [2.45, 2.75) is 12.8 Å². The van der Waals surface area contributed by atoms with Crippen molar-refractivity contribution in [3.63, 3.8) is 0 Å². The molecule has 0 saturated carbocycles. The highest BCUT2D eigenvalue weighted by Gasteiger charge is 2.18. The molecule has 0 fully saturated rings. The van der Waals surface area contributed by atoms with Gasteiger partial charge in [-0.1, -0.05) is 110 Å². The van der Waals surface area contributed by atoms with E-state index in [0.717, 1.165) is 16.7 Å². The van der Waals surface area contributed by atoms with E-state index in [9.17, 15) is 0 Å². The van der Waals surface area contributed by atoms with E-state index in [-0.39, 0.29) is 5.92 Å². The number of rotatable bonds is 4. The molecule has 7 aromatic rings. The van der Waals surface area contributed by atoms with Crippen LogP contribution in [0.4, 0.5) is 5.69 Å². The van der Waals surface area contributed by atoms with Crippen LogP contribution in [0.3, 0.4) is 0 Å².